The lowest BCUT2D eigenvalue weighted by atomic mass is 10.0. The van der Waals surface area contributed by atoms with Gasteiger partial charge >= 0.3 is 0 Å². The number of rotatable bonds is 4. The Morgan fingerprint density at radius 3 is 3.15 bits per heavy atom. The number of hydrogen-bond acceptors (Lipinski definition) is 2. The third-order valence-electron chi connectivity index (χ3n) is 3.41. The number of hydrogen-bond donors (Lipinski definition) is 1. The Bertz CT molecular complexity index is 464. The van der Waals surface area contributed by atoms with Crippen LogP contribution in [0.3, 0.4) is 0 Å². The second-order valence-corrected chi connectivity index (χ2v) is 5.24. The SMILES string of the molecule is CC1CCCN(C(N)=NCCOc2cccc(F)c2)C1. The minimum atomic E-state index is -0.298. The van der Waals surface area contributed by atoms with Gasteiger partial charge in [-0.1, -0.05) is 13.0 Å². The molecule has 0 bridgehead atoms. The van der Waals surface area contributed by atoms with E-state index >= 15 is 0 Å². The molecule has 0 aromatic heterocycles. The molecule has 110 valence electrons. The van der Waals surface area contributed by atoms with Crippen molar-refractivity contribution in [1.29, 1.82) is 0 Å². The van der Waals surface area contributed by atoms with Crippen LogP contribution >= 0.6 is 0 Å². The van der Waals surface area contributed by atoms with Crippen molar-refractivity contribution in [3.63, 3.8) is 0 Å². The molecule has 0 radical (unpaired) electrons. The van der Waals surface area contributed by atoms with Gasteiger partial charge in [0.25, 0.3) is 0 Å². The van der Waals surface area contributed by atoms with Crippen molar-refractivity contribution in [1.82, 2.24) is 4.90 Å². The van der Waals surface area contributed by atoms with Crippen molar-refractivity contribution >= 4 is 5.96 Å². The zero-order valence-corrected chi connectivity index (χ0v) is 11.9. The largest absolute Gasteiger partial charge is 0.492 e. The van der Waals surface area contributed by atoms with E-state index < -0.39 is 0 Å². The Morgan fingerprint density at radius 1 is 1.55 bits per heavy atom. The number of likely N-dealkylation sites (tertiary alicyclic amines) is 1. The van der Waals surface area contributed by atoms with E-state index in [4.69, 9.17) is 10.5 Å². The zero-order chi connectivity index (χ0) is 14.4. The summed E-state index contributed by atoms with van der Waals surface area (Å²) in [6, 6.07) is 6.10. The fourth-order valence-electron chi connectivity index (χ4n) is 2.38. The minimum absolute atomic E-state index is 0.298. The molecule has 1 aliphatic rings. The molecule has 0 amide bonds. The second-order valence-electron chi connectivity index (χ2n) is 5.24. The molecule has 4 nitrogen and oxygen atoms in total. The van der Waals surface area contributed by atoms with Gasteiger partial charge in [0.1, 0.15) is 18.2 Å². The van der Waals surface area contributed by atoms with E-state index in [9.17, 15) is 4.39 Å². The number of benzene rings is 1. The van der Waals surface area contributed by atoms with Crippen LogP contribution < -0.4 is 10.5 Å². The molecule has 1 atom stereocenters. The fourth-order valence-corrected chi connectivity index (χ4v) is 2.38. The molecule has 0 saturated carbocycles. The van der Waals surface area contributed by atoms with Gasteiger partial charge in [0.2, 0.25) is 0 Å². The fraction of sp³-hybridized carbons (Fsp3) is 0.533. The maximum absolute atomic E-state index is 12.9. The lowest BCUT2D eigenvalue weighted by Gasteiger charge is -2.31. The topological polar surface area (TPSA) is 50.8 Å². The molecule has 2 rings (SSSR count). The van der Waals surface area contributed by atoms with Crippen molar-refractivity contribution in [3.8, 4) is 5.75 Å². The Morgan fingerprint density at radius 2 is 2.40 bits per heavy atom. The van der Waals surface area contributed by atoms with Gasteiger partial charge < -0.3 is 15.4 Å². The summed E-state index contributed by atoms with van der Waals surface area (Å²) < 4.78 is 18.4. The lowest BCUT2D eigenvalue weighted by molar-refractivity contribution is 0.269. The molecule has 1 fully saturated rings. The molecule has 2 N–H and O–H groups in total. The highest BCUT2D eigenvalue weighted by atomic mass is 19.1. The van der Waals surface area contributed by atoms with Gasteiger partial charge in [0.15, 0.2) is 5.96 Å². The van der Waals surface area contributed by atoms with Crippen LogP contribution in [0.1, 0.15) is 19.8 Å². The Balaban J connectivity index is 1.75. The summed E-state index contributed by atoms with van der Waals surface area (Å²) in [5.41, 5.74) is 5.97. The number of nitrogens with two attached hydrogens (primary N) is 1. The van der Waals surface area contributed by atoms with Crippen LogP contribution in [0, 0.1) is 11.7 Å². The van der Waals surface area contributed by atoms with E-state index in [0.29, 0.717) is 30.8 Å². The number of aliphatic imine (C=N–C) groups is 1. The van der Waals surface area contributed by atoms with E-state index in [1.165, 1.54) is 18.6 Å². The summed E-state index contributed by atoms with van der Waals surface area (Å²) in [6.45, 7) is 5.05. The Hall–Kier alpha value is -1.78. The summed E-state index contributed by atoms with van der Waals surface area (Å²) in [4.78, 5) is 6.44. The lowest BCUT2D eigenvalue weighted by Crippen LogP contribution is -2.43. The average Bonchev–Trinajstić information content (AvgIpc) is 2.43. The first-order valence-electron chi connectivity index (χ1n) is 7.08. The van der Waals surface area contributed by atoms with Crippen LogP contribution in [0.2, 0.25) is 0 Å². The molecular weight excluding hydrogens is 257 g/mol. The van der Waals surface area contributed by atoms with Gasteiger partial charge in [-0.2, -0.15) is 0 Å². The number of halogens is 1. The highest BCUT2D eigenvalue weighted by Gasteiger charge is 2.17. The van der Waals surface area contributed by atoms with Crippen molar-refractivity contribution in [2.75, 3.05) is 26.2 Å². The van der Waals surface area contributed by atoms with Crippen LogP contribution in [0.5, 0.6) is 5.75 Å². The van der Waals surface area contributed by atoms with E-state index in [1.54, 1.807) is 12.1 Å². The Kier molecular flexibility index (Phi) is 5.21. The van der Waals surface area contributed by atoms with Crippen LogP contribution in [-0.4, -0.2) is 37.1 Å². The highest BCUT2D eigenvalue weighted by Crippen LogP contribution is 2.15. The molecule has 1 aromatic carbocycles. The first-order chi connectivity index (χ1) is 9.65. The third kappa shape index (κ3) is 4.40. The van der Waals surface area contributed by atoms with Crippen LogP contribution in [0.15, 0.2) is 29.3 Å². The monoisotopic (exact) mass is 279 g/mol. The van der Waals surface area contributed by atoms with Crippen molar-refractivity contribution in [3.05, 3.63) is 30.1 Å². The van der Waals surface area contributed by atoms with Gasteiger partial charge in [-0.05, 0) is 30.9 Å². The molecule has 1 saturated heterocycles. The molecule has 1 aromatic rings. The normalized spacial score (nSPS) is 20.0. The number of ether oxygens (including phenoxy) is 1. The molecule has 1 unspecified atom stereocenters. The Labute approximate surface area is 119 Å². The smallest absolute Gasteiger partial charge is 0.191 e. The summed E-state index contributed by atoms with van der Waals surface area (Å²) in [6.07, 6.45) is 2.42. The molecule has 1 aliphatic heterocycles. The van der Waals surface area contributed by atoms with Gasteiger partial charge in [-0.3, -0.25) is 0 Å². The van der Waals surface area contributed by atoms with E-state index in [2.05, 4.69) is 16.8 Å². The quantitative estimate of drug-likeness (QED) is 0.522. The number of nitrogens with zero attached hydrogens (tertiary/aromatic N) is 2. The summed E-state index contributed by atoms with van der Waals surface area (Å²) >= 11 is 0. The number of piperidine rings is 1. The van der Waals surface area contributed by atoms with Gasteiger partial charge in [-0.25, -0.2) is 9.38 Å². The van der Waals surface area contributed by atoms with Gasteiger partial charge in [-0.15, -0.1) is 0 Å². The maximum Gasteiger partial charge on any atom is 0.191 e. The predicted octanol–water partition coefficient (Wildman–Crippen LogP) is 2.25. The predicted molar refractivity (Wildman–Crippen MR) is 78.4 cm³/mol. The molecular formula is C15H22FN3O. The number of guanidine groups is 1. The van der Waals surface area contributed by atoms with Gasteiger partial charge in [0, 0.05) is 19.2 Å². The average molecular weight is 279 g/mol. The van der Waals surface area contributed by atoms with E-state index in [1.807, 2.05) is 0 Å². The highest BCUT2D eigenvalue weighted by molar-refractivity contribution is 5.78. The van der Waals surface area contributed by atoms with Gasteiger partial charge in [0.05, 0.1) is 6.54 Å². The van der Waals surface area contributed by atoms with E-state index in [0.717, 1.165) is 19.5 Å². The van der Waals surface area contributed by atoms with Crippen LogP contribution in [0.4, 0.5) is 4.39 Å². The summed E-state index contributed by atoms with van der Waals surface area (Å²) in [7, 11) is 0. The maximum atomic E-state index is 12.9. The van der Waals surface area contributed by atoms with Crippen LogP contribution in [-0.2, 0) is 0 Å². The van der Waals surface area contributed by atoms with Crippen molar-refractivity contribution < 1.29 is 9.13 Å². The first kappa shape index (κ1) is 14.6. The summed E-state index contributed by atoms with van der Waals surface area (Å²) in [5.74, 6) is 1.47. The second kappa shape index (κ2) is 7.12. The van der Waals surface area contributed by atoms with Crippen LogP contribution in [0.25, 0.3) is 0 Å². The van der Waals surface area contributed by atoms with E-state index in [-0.39, 0.29) is 5.82 Å². The standard InChI is InChI=1S/C15H22FN3O/c1-12-4-3-8-19(11-12)15(17)18-7-9-20-14-6-2-5-13(16)10-14/h2,5-6,10,12H,3-4,7-9,11H2,1H3,(H2,17,18). The molecule has 0 spiro atoms. The molecule has 5 heteroatoms. The minimum Gasteiger partial charge on any atom is -0.492 e. The third-order valence-corrected chi connectivity index (χ3v) is 3.41. The molecule has 20 heavy (non-hydrogen) atoms. The van der Waals surface area contributed by atoms with Crippen molar-refractivity contribution in [2.24, 2.45) is 16.6 Å². The first-order valence-corrected chi connectivity index (χ1v) is 7.08. The molecule has 1 heterocycles. The zero-order valence-electron chi connectivity index (χ0n) is 11.9. The van der Waals surface area contributed by atoms with Crippen molar-refractivity contribution in [2.45, 2.75) is 19.8 Å². The molecule has 0 aliphatic carbocycles. The summed E-state index contributed by atoms with van der Waals surface area (Å²) in [5, 5.41) is 0.